The van der Waals surface area contributed by atoms with E-state index < -0.39 is 5.97 Å². The number of phenols is 1. The second kappa shape index (κ2) is 5.55. The smallest absolute Gasteiger partial charge is 0.303 e. The Morgan fingerprint density at radius 2 is 2.11 bits per heavy atom. The van der Waals surface area contributed by atoms with E-state index in [0.29, 0.717) is 0 Å². The fraction of sp³-hybridized carbons (Fsp3) is 0.250. The molecule has 2 N–H and O–H groups in total. The highest BCUT2D eigenvalue weighted by atomic mass is 16.5. The third kappa shape index (κ3) is 2.50. The predicted molar refractivity (Wildman–Crippen MR) is 60.0 cm³/mol. The summed E-state index contributed by atoms with van der Waals surface area (Å²) < 4.78 is 4.84. The number of aromatic hydroxyl groups is 1. The molecule has 0 atom stereocenters. The first-order chi connectivity index (χ1) is 8.54. The molecule has 0 aliphatic carbocycles. The number of ether oxygens (including phenoxy) is 1. The number of rotatable bonds is 4. The van der Waals surface area contributed by atoms with E-state index in [1.54, 1.807) is 6.07 Å². The number of nitriles is 2. The highest BCUT2D eigenvalue weighted by Crippen LogP contribution is 2.34. The molecule has 0 amide bonds. The maximum atomic E-state index is 10.5. The monoisotopic (exact) mass is 246 g/mol. The number of hydrogen-bond donors (Lipinski definition) is 2. The fourth-order valence-corrected chi connectivity index (χ4v) is 1.55. The normalized spacial score (nSPS) is 9.28. The zero-order valence-corrected chi connectivity index (χ0v) is 9.60. The number of benzene rings is 1. The Morgan fingerprint density at radius 3 is 2.56 bits per heavy atom. The molecule has 0 bridgehead atoms. The van der Waals surface area contributed by atoms with Crippen molar-refractivity contribution in [2.45, 2.75) is 12.8 Å². The summed E-state index contributed by atoms with van der Waals surface area (Å²) in [6, 6.07) is 4.91. The molecule has 92 valence electrons. The zero-order valence-electron chi connectivity index (χ0n) is 9.60. The molecule has 0 unspecified atom stereocenters. The van der Waals surface area contributed by atoms with Crippen LogP contribution in [0, 0.1) is 22.7 Å². The third-order valence-corrected chi connectivity index (χ3v) is 2.41. The lowest BCUT2D eigenvalue weighted by atomic mass is 9.96. The van der Waals surface area contributed by atoms with Crippen molar-refractivity contribution in [3.63, 3.8) is 0 Å². The molecule has 18 heavy (non-hydrogen) atoms. The van der Waals surface area contributed by atoms with Crippen LogP contribution in [0.15, 0.2) is 6.07 Å². The molecule has 0 radical (unpaired) electrons. The van der Waals surface area contributed by atoms with Gasteiger partial charge in [-0.3, -0.25) is 4.79 Å². The average Bonchev–Trinajstić information content (AvgIpc) is 2.36. The van der Waals surface area contributed by atoms with Crippen molar-refractivity contribution >= 4 is 5.97 Å². The van der Waals surface area contributed by atoms with Crippen LogP contribution in [0.2, 0.25) is 0 Å². The SMILES string of the molecule is COc1cc(C#N)c(CCC(=O)O)c(C#N)c1O. The van der Waals surface area contributed by atoms with Crippen molar-refractivity contribution in [1.29, 1.82) is 10.5 Å². The maximum absolute atomic E-state index is 10.5. The van der Waals surface area contributed by atoms with E-state index in [-0.39, 0.29) is 41.0 Å². The van der Waals surface area contributed by atoms with Gasteiger partial charge in [0.1, 0.15) is 11.6 Å². The summed E-state index contributed by atoms with van der Waals surface area (Å²) in [7, 11) is 1.30. The van der Waals surface area contributed by atoms with Gasteiger partial charge in [-0.05, 0) is 12.0 Å². The maximum Gasteiger partial charge on any atom is 0.303 e. The van der Waals surface area contributed by atoms with Gasteiger partial charge in [0, 0.05) is 12.5 Å². The van der Waals surface area contributed by atoms with Crippen LogP contribution in [0.1, 0.15) is 23.1 Å². The van der Waals surface area contributed by atoms with E-state index in [9.17, 15) is 9.90 Å². The number of aliphatic carboxylic acids is 1. The third-order valence-electron chi connectivity index (χ3n) is 2.41. The minimum atomic E-state index is -1.04. The second-order valence-corrected chi connectivity index (χ2v) is 3.45. The predicted octanol–water partition coefficient (Wildman–Crippen LogP) is 1.16. The van der Waals surface area contributed by atoms with Gasteiger partial charge < -0.3 is 14.9 Å². The number of methoxy groups -OCH3 is 1. The summed E-state index contributed by atoms with van der Waals surface area (Å²) in [5.74, 6) is -1.40. The Labute approximate surface area is 103 Å². The Balaban J connectivity index is 3.39. The van der Waals surface area contributed by atoms with Gasteiger partial charge in [0.25, 0.3) is 0 Å². The van der Waals surface area contributed by atoms with Crippen molar-refractivity contribution in [2.24, 2.45) is 0 Å². The standard InChI is InChI=1S/C12H10N2O4/c1-18-10-4-7(5-13)8(2-3-11(15)16)9(6-14)12(10)17/h4,17H,2-3H2,1H3,(H,15,16). The lowest BCUT2D eigenvalue weighted by molar-refractivity contribution is -0.136. The average molecular weight is 246 g/mol. The summed E-state index contributed by atoms with van der Waals surface area (Å²) in [4.78, 5) is 10.5. The van der Waals surface area contributed by atoms with Crippen LogP contribution in [0.3, 0.4) is 0 Å². The minimum absolute atomic E-state index is 0.00132. The lowest BCUT2D eigenvalue weighted by Gasteiger charge is -2.10. The van der Waals surface area contributed by atoms with Crippen molar-refractivity contribution < 1.29 is 19.7 Å². The van der Waals surface area contributed by atoms with Gasteiger partial charge in [-0.25, -0.2) is 0 Å². The quantitative estimate of drug-likeness (QED) is 0.823. The largest absolute Gasteiger partial charge is 0.503 e. The molecule has 0 fully saturated rings. The Kier molecular flexibility index (Phi) is 4.11. The van der Waals surface area contributed by atoms with Crippen LogP contribution in [0.5, 0.6) is 11.5 Å². The summed E-state index contributed by atoms with van der Waals surface area (Å²) in [6.07, 6.45) is -0.228. The summed E-state index contributed by atoms with van der Waals surface area (Å²) >= 11 is 0. The molecule has 0 heterocycles. The van der Waals surface area contributed by atoms with Crippen LogP contribution in [0.4, 0.5) is 0 Å². The van der Waals surface area contributed by atoms with Gasteiger partial charge in [-0.2, -0.15) is 10.5 Å². The van der Waals surface area contributed by atoms with Crippen molar-refractivity contribution in [2.75, 3.05) is 7.11 Å². The molecule has 0 saturated heterocycles. The van der Waals surface area contributed by atoms with Gasteiger partial charge in [0.2, 0.25) is 0 Å². The van der Waals surface area contributed by atoms with E-state index in [1.807, 2.05) is 6.07 Å². The second-order valence-electron chi connectivity index (χ2n) is 3.45. The van der Waals surface area contributed by atoms with Crippen LogP contribution in [-0.2, 0) is 11.2 Å². The van der Waals surface area contributed by atoms with Crippen molar-refractivity contribution in [3.05, 3.63) is 22.8 Å². The van der Waals surface area contributed by atoms with Gasteiger partial charge in [0.05, 0.1) is 18.7 Å². The zero-order chi connectivity index (χ0) is 13.7. The minimum Gasteiger partial charge on any atom is -0.503 e. The molecule has 0 saturated carbocycles. The molecular formula is C12H10N2O4. The number of phenolic OH excluding ortho intramolecular Hbond substituents is 1. The molecule has 0 aromatic heterocycles. The van der Waals surface area contributed by atoms with E-state index in [1.165, 1.54) is 13.2 Å². The first-order valence-electron chi connectivity index (χ1n) is 5.00. The van der Waals surface area contributed by atoms with E-state index in [4.69, 9.17) is 20.4 Å². The summed E-state index contributed by atoms with van der Waals surface area (Å²) in [6.45, 7) is 0. The van der Waals surface area contributed by atoms with E-state index in [2.05, 4.69) is 0 Å². The molecule has 6 nitrogen and oxygen atoms in total. The molecule has 1 aromatic carbocycles. The Bertz CT molecular complexity index is 567. The first-order valence-corrected chi connectivity index (χ1v) is 5.00. The van der Waals surface area contributed by atoms with Crippen LogP contribution in [-0.4, -0.2) is 23.3 Å². The highest BCUT2D eigenvalue weighted by Gasteiger charge is 2.18. The topological polar surface area (TPSA) is 114 Å². The van der Waals surface area contributed by atoms with Crippen LogP contribution < -0.4 is 4.74 Å². The van der Waals surface area contributed by atoms with Crippen LogP contribution >= 0.6 is 0 Å². The molecule has 1 aromatic rings. The van der Waals surface area contributed by atoms with Gasteiger partial charge in [-0.15, -0.1) is 0 Å². The number of carboxylic acid groups (broad SMARTS) is 1. The summed E-state index contributed by atoms with van der Waals surface area (Å²) in [5.41, 5.74) is 0.232. The summed E-state index contributed by atoms with van der Waals surface area (Å²) in [5, 5.41) is 36.3. The fourth-order valence-electron chi connectivity index (χ4n) is 1.55. The number of hydrogen-bond acceptors (Lipinski definition) is 5. The van der Waals surface area contributed by atoms with E-state index >= 15 is 0 Å². The molecule has 1 rings (SSSR count). The molecule has 0 aliphatic heterocycles. The number of carboxylic acids is 1. The van der Waals surface area contributed by atoms with Gasteiger partial charge in [-0.1, -0.05) is 0 Å². The van der Waals surface area contributed by atoms with Crippen LogP contribution in [0.25, 0.3) is 0 Å². The number of carbonyl (C=O) groups is 1. The highest BCUT2D eigenvalue weighted by molar-refractivity contribution is 5.68. The Morgan fingerprint density at radius 1 is 1.44 bits per heavy atom. The van der Waals surface area contributed by atoms with E-state index in [0.717, 1.165) is 0 Å². The molecular weight excluding hydrogens is 236 g/mol. The Hall–Kier alpha value is -2.73. The van der Waals surface area contributed by atoms with Gasteiger partial charge in [0.15, 0.2) is 11.5 Å². The molecule has 0 spiro atoms. The molecule has 6 heteroatoms. The first kappa shape index (κ1) is 13.3. The van der Waals surface area contributed by atoms with Crippen molar-refractivity contribution in [1.82, 2.24) is 0 Å². The molecule has 0 aliphatic rings. The van der Waals surface area contributed by atoms with Crippen molar-refractivity contribution in [3.8, 4) is 23.6 Å². The number of nitrogens with zero attached hydrogens (tertiary/aromatic N) is 2. The van der Waals surface area contributed by atoms with Gasteiger partial charge >= 0.3 is 5.97 Å². The lowest BCUT2D eigenvalue weighted by Crippen LogP contribution is -2.03.